The molecule has 1 aromatic carbocycles. The average molecular weight is 363 g/mol. The first-order chi connectivity index (χ1) is 12.1. The van der Waals surface area contributed by atoms with Crippen molar-refractivity contribution in [3.63, 3.8) is 0 Å². The zero-order valence-electron chi connectivity index (χ0n) is 15.5. The summed E-state index contributed by atoms with van der Waals surface area (Å²) in [6, 6.07) is 9.53. The number of hydrogen-bond donors (Lipinski definition) is 1. The number of nitrogens with one attached hydrogen (secondary N) is 1. The second kappa shape index (κ2) is 9.85. The van der Waals surface area contributed by atoms with Crippen molar-refractivity contribution < 1.29 is 9.59 Å². The molecular formula is C20H30N2O2S. The Labute approximate surface area is 155 Å². The fourth-order valence-electron chi connectivity index (χ4n) is 3.16. The third-order valence-electron chi connectivity index (χ3n) is 4.62. The topological polar surface area (TPSA) is 49.4 Å². The molecule has 3 atom stereocenters. The summed E-state index contributed by atoms with van der Waals surface area (Å²) in [4.78, 5) is 27.4. The van der Waals surface area contributed by atoms with E-state index in [-0.39, 0.29) is 29.3 Å². The van der Waals surface area contributed by atoms with E-state index >= 15 is 0 Å². The number of thioether (sulfide) groups is 1. The number of carbonyl (C=O) groups is 2. The van der Waals surface area contributed by atoms with Gasteiger partial charge in [0.1, 0.15) is 6.04 Å². The molecule has 0 radical (unpaired) electrons. The Bertz CT molecular complexity index is 564. The van der Waals surface area contributed by atoms with Crippen LogP contribution in [0.15, 0.2) is 30.3 Å². The highest BCUT2D eigenvalue weighted by Gasteiger charge is 2.40. The third-order valence-corrected chi connectivity index (χ3v) is 5.98. The van der Waals surface area contributed by atoms with Crippen LogP contribution < -0.4 is 5.32 Å². The van der Waals surface area contributed by atoms with Crippen LogP contribution in [0.5, 0.6) is 0 Å². The van der Waals surface area contributed by atoms with Gasteiger partial charge in [-0.15, -0.1) is 11.8 Å². The van der Waals surface area contributed by atoms with E-state index in [1.54, 1.807) is 11.8 Å². The van der Waals surface area contributed by atoms with Crippen LogP contribution in [0, 0.1) is 0 Å². The molecule has 1 saturated heterocycles. The molecule has 0 aliphatic carbocycles. The maximum atomic E-state index is 12.8. The zero-order valence-corrected chi connectivity index (χ0v) is 16.3. The van der Waals surface area contributed by atoms with Crippen LogP contribution in [-0.2, 0) is 9.59 Å². The number of unbranched alkanes of at least 4 members (excludes halogenated alkanes) is 1. The Morgan fingerprint density at radius 1 is 1.24 bits per heavy atom. The number of nitrogens with zero attached hydrogens (tertiary/aromatic N) is 1. The second-order valence-electron chi connectivity index (χ2n) is 6.64. The van der Waals surface area contributed by atoms with Crippen molar-refractivity contribution in [3.8, 4) is 0 Å². The summed E-state index contributed by atoms with van der Waals surface area (Å²) < 4.78 is 0. The molecule has 0 unspecified atom stereocenters. The Morgan fingerprint density at radius 3 is 2.60 bits per heavy atom. The Balaban J connectivity index is 2.06. The molecule has 2 rings (SSSR count). The van der Waals surface area contributed by atoms with Gasteiger partial charge in [-0.2, -0.15) is 0 Å². The van der Waals surface area contributed by atoms with E-state index in [4.69, 9.17) is 0 Å². The maximum Gasteiger partial charge on any atom is 0.244 e. The smallest absolute Gasteiger partial charge is 0.244 e. The molecule has 1 heterocycles. The highest BCUT2D eigenvalue weighted by Crippen LogP contribution is 2.33. The van der Waals surface area contributed by atoms with Crippen LogP contribution in [0.4, 0.5) is 0 Å². The Hall–Kier alpha value is -1.49. The molecule has 138 valence electrons. The predicted molar refractivity (Wildman–Crippen MR) is 104 cm³/mol. The number of amides is 2. The van der Waals surface area contributed by atoms with Crippen LogP contribution in [0.25, 0.3) is 0 Å². The van der Waals surface area contributed by atoms with Gasteiger partial charge in [0.25, 0.3) is 0 Å². The van der Waals surface area contributed by atoms with Gasteiger partial charge < -0.3 is 10.2 Å². The molecule has 1 N–H and O–H groups in total. The minimum absolute atomic E-state index is 0.0349. The van der Waals surface area contributed by atoms with Crippen LogP contribution >= 0.6 is 11.8 Å². The van der Waals surface area contributed by atoms with Crippen molar-refractivity contribution in [2.75, 3.05) is 5.75 Å². The van der Waals surface area contributed by atoms with E-state index < -0.39 is 0 Å². The fraction of sp³-hybridized carbons (Fsp3) is 0.600. The summed E-state index contributed by atoms with van der Waals surface area (Å²) in [5.74, 6) is 0.778. The summed E-state index contributed by atoms with van der Waals surface area (Å²) in [5.41, 5.74) is 1.08. The lowest BCUT2D eigenvalue weighted by atomic mass is 10.1. The molecular weight excluding hydrogens is 332 g/mol. The lowest BCUT2D eigenvalue weighted by Crippen LogP contribution is -2.50. The zero-order chi connectivity index (χ0) is 18.2. The summed E-state index contributed by atoms with van der Waals surface area (Å²) >= 11 is 1.74. The maximum absolute atomic E-state index is 12.8. The van der Waals surface area contributed by atoms with Crippen LogP contribution in [0.1, 0.15) is 64.5 Å². The van der Waals surface area contributed by atoms with E-state index in [1.165, 1.54) is 0 Å². The monoisotopic (exact) mass is 362 g/mol. The Morgan fingerprint density at radius 2 is 1.96 bits per heavy atom. The van der Waals surface area contributed by atoms with E-state index in [9.17, 15) is 9.59 Å². The van der Waals surface area contributed by atoms with E-state index in [2.05, 4.69) is 19.2 Å². The molecule has 1 aliphatic rings. The van der Waals surface area contributed by atoms with E-state index in [0.717, 1.165) is 31.2 Å². The van der Waals surface area contributed by atoms with Crippen LogP contribution in [0.2, 0.25) is 0 Å². The first-order valence-electron chi connectivity index (χ1n) is 9.36. The molecule has 0 spiro atoms. The molecule has 0 saturated carbocycles. The highest BCUT2D eigenvalue weighted by atomic mass is 32.2. The van der Waals surface area contributed by atoms with Crippen LogP contribution in [-0.4, -0.2) is 33.9 Å². The van der Waals surface area contributed by atoms with Gasteiger partial charge in [0.05, 0.1) is 11.4 Å². The third kappa shape index (κ3) is 5.24. The molecule has 0 bridgehead atoms. The molecule has 1 fully saturated rings. The molecule has 4 nitrogen and oxygen atoms in total. The van der Waals surface area contributed by atoms with Crippen molar-refractivity contribution in [1.82, 2.24) is 10.2 Å². The number of carbonyl (C=O) groups excluding carboxylic acids is 2. The van der Waals surface area contributed by atoms with E-state index in [0.29, 0.717) is 12.2 Å². The molecule has 0 aromatic heterocycles. The summed E-state index contributed by atoms with van der Waals surface area (Å²) in [6.07, 6.45) is 4.38. The summed E-state index contributed by atoms with van der Waals surface area (Å²) in [6.45, 7) is 6.20. The normalized spacial score (nSPS) is 21.2. The lowest BCUT2D eigenvalue weighted by molar-refractivity contribution is -0.140. The highest BCUT2D eigenvalue weighted by molar-refractivity contribution is 8.00. The molecule has 1 aromatic rings. The number of rotatable bonds is 8. The van der Waals surface area contributed by atoms with Crippen molar-refractivity contribution in [2.24, 2.45) is 0 Å². The minimum Gasteiger partial charge on any atom is -0.348 e. The van der Waals surface area contributed by atoms with Crippen molar-refractivity contribution in [3.05, 3.63) is 35.9 Å². The minimum atomic E-state index is -0.350. The first-order valence-corrected chi connectivity index (χ1v) is 10.4. The lowest BCUT2D eigenvalue weighted by Gasteiger charge is -2.29. The summed E-state index contributed by atoms with van der Waals surface area (Å²) in [7, 11) is 0. The standard InChI is InChI=1S/C20H30N2O2S/c1-4-6-13-18(23)22-17(14-25-19(22)10-5-2)20(24)21-15(3)16-11-8-7-9-12-16/h7-9,11-12,15,17,19H,4-6,10,13-14H2,1-3H3,(H,21,24)/t15-,17-,19-/m0/s1. The van der Waals surface area contributed by atoms with Crippen LogP contribution in [0.3, 0.4) is 0 Å². The second-order valence-corrected chi connectivity index (χ2v) is 7.85. The van der Waals surface area contributed by atoms with Crippen molar-refractivity contribution >= 4 is 23.6 Å². The number of benzene rings is 1. The van der Waals surface area contributed by atoms with Gasteiger partial charge >= 0.3 is 0 Å². The van der Waals surface area contributed by atoms with Crippen molar-refractivity contribution in [2.45, 2.75) is 70.3 Å². The Kier molecular flexibility index (Phi) is 7.82. The van der Waals surface area contributed by atoms with Gasteiger partial charge in [-0.1, -0.05) is 57.0 Å². The fourth-order valence-corrected chi connectivity index (χ4v) is 4.70. The largest absolute Gasteiger partial charge is 0.348 e. The van der Waals surface area contributed by atoms with E-state index in [1.807, 2.05) is 42.2 Å². The van der Waals surface area contributed by atoms with Gasteiger partial charge in [-0.3, -0.25) is 9.59 Å². The SMILES string of the molecule is CCCCC(=O)N1[C@H](CCC)SC[C@H]1C(=O)N[C@@H](C)c1ccccc1. The predicted octanol–water partition coefficient (Wildman–Crippen LogP) is 4.12. The number of hydrogen-bond acceptors (Lipinski definition) is 3. The molecule has 1 aliphatic heterocycles. The van der Waals surface area contributed by atoms with Gasteiger partial charge in [-0.05, 0) is 25.3 Å². The summed E-state index contributed by atoms with van der Waals surface area (Å²) in [5, 5.41) is 3.23. The molecule has 25 heavy (non-hydrogen) atoms. The van der Waals surface area contributed by atoms with Gasteiger partial charge in [-0.25, -0.2) is 0 Å². The van der Waals surface area contributed by atoms with Gasteiger partial charge in [0.15, 0.2) is 0 Å². The average Bonchev–Trinajstić information content (AvgIpc) is 3.04. The first kappa shape index (κ1) is 19.8. The van der Waals surface area contributed by atoms with Gasteiger partial charge in [0, 0.05) is 12.2 Å². The molecule has 2 amide bonds. The van der Waals surface area contributed by atoms with Gasteiger partial charge in [0.2, 0.25) is 11.8 Å². The molecule has 5 heteroatoms. The quantitative estimate of drug-likeness (QED) is 0.757. The van der Waals surface area contributed by atoms with Crippen molar-refractivity contribution in [1.29, 1.82) is 0 Å².